The van der Waals surface area contributed by atoms with Gasteiger partial charge in [0.2, 0.25) is 0 Å². The number of ether oxygens (including phenoxy) is 2. The number of nitrogens with two attached hydrogens (primary N) is 1. The molecule has 1 aromatic rings. The van der Waals surface area contributed by atoms with Crippen LogP contribution in [0.4, 0.5) is 0 Å². The Kier molecular flexibility index (Phi) is 5.01. The zero-order chi connectivity index (χ0) is 15.4. The molecule has 4 heteroatoms. The maximum atomic E-state index is 6.15. The van der Waals surface area contributed by atoms with Gasteiger partial charge < -0.3 is 15.2 Å². The lowest BCUT2D eigenvalue weighted by atomic mass is 9.78. The van der Waals surface area contributed by atoms with E-state index < -0.39 is 0 Å². The van der Waals surface area contributed by atoms with E-state index in [1.807, 2.05) is 0 Å². The molecule has 0 amide bonds. The van der Waals surface area contributed by atoms with E-state index >= 15 is 0 Å². The lowest BCUT2D eigenvalue weighted by Crippen LogP contribution is -2.36. The maximum Gasteiger partial charge on any atom is 0.123 e. The summed E-state index contributed by atoms with van der Waals surface area (Å²) in [7, 11) is 1.76. The van der Waals surface area contributed by atoms with Gasteiger partial charge in [0.1, 0.15) is 5.75 Å². The molecule has 3 rings (SSSR count). The average Bonchev–Trinajstić information content (AvgIpc) is 3.06. The highest BCUT2D eigenvalue weighted by Crippen LogP contribution is 2.41. The van der Waals surface area contributed by atoms with Crippen LogP contribution in [0.1, 0.15) is 36.8 Å². The fourth-order valence-corrected chi connectivity index (χ4v) is 3.89. The van der Waals surface area contributed by atoms with Gasteiger partial charge in [-0.15, -0.1) is 0 Å². The van der Waals surface area contributed by atoms with Gasteiger partial charge in [-0.05, 0) is 24.5 Å². The van der Waals surface area contributed by atoms with Crippen LogP contribution in [-0.2, 0) is 16.7 Å². The number of morpholine rings is 1. The molecule has 0 spiro atoms. The number of methoxy groups -OCH3 is 1. The number of nitrogens with zero attached hydrogens (tertiary/aromatic N) is 1. The summed E-state index contributed by atoms with van der Waals surface area (Å²) in [6.45, 7) is 5.33. The molecule has 2 N–H and O–H groups in total. The first kappa shape index (κ1) is 15.8. The van der Waals surface area contributed by atoms with Crippen LogP contribution in [0, 0.1) is 0 Å². The standard InChI is InChI=1S/C18H28N2O2/c1-21-17-5-4-16(18(14-19)6-2-3-7-18)12-15(17)13-20-8-10-22-11-9-20/h4-5,12H,2-3,6-11,13-14,19H2,1H3. The molecular weight excluding hydrogens is 276 g/mol. The van der Waals surface area contributed by atoms with Crippen LogP contribution in [-0.4, -0.2) is 44.9 Å². The van der Waals surface area contributed by atoms with E-state index in [-0.39, 0.29) is 5.41 Å². The molecule has 1 heterocycles. The molecule has 1 aliphatic carbocycles. The quantitative estimate of drug-likeness (QED) is 0.907. The van der Waals surface area contributed by atoms with Crippen molar-refractivity contribution in [2.45, 2.75) is 37.6 Å². The van der Waals surface area contributed by atoms with Gasteiger partial charge in [0.05, 0.1) is 20.3 Å². The number of rotatable bonds is 5. The van der Waals surface area contributed by atoms with Crippen LogP contribution in [0.2, 0.25) is 0 Å². The minimum absolute atomic E-state index is 0.187. The second-order valence-electron chi connectivity index (χ2n) is 6.61. The SMILES string of the molecule is COc1ccc(C2(CN)CCCC2)cc1CN1CCOCC1. The van der Waals surface area contributed by atoms with E-state index in [1.54, 1.807) is 7.11 Å². The highest BCUT2D eigenvalue weighted by molar-refractivity contribution is 5.41. The second-order valence-corrected chi connectivity index (χ2v) is 6.61. The van der Waals surface area contributed by atoms with Crippen molar-refractivity contribution >= 4 is 0 Å². The molecule has 4 nitrogen and oxygen atoms in total. The van der Waals surface area contributed by atoms with Crippen LogP contribution < -0.4 is 10.5 Å². The highest BCUT2D eigenvalue weighted by atomic mass is 16.5. The van der Waals surface area contributed by atoms with E-state index in [1.165, 1.54) is 36.8 Å². The number of benzene rings is 1. The smallest absolute Gasteiger partial charge is 0.123 e. The van der Waals surface area contributed by atoms with Crippen LogP contribution in [0.3, 0.4) is 0 Å². The van der Waals surface area contributed by atoms with Crippen LogP contribution >= 0.6 is 0 Å². The van der Waals surface area contributed by atoms with Crippen molar-refractivity contribution in [3.05, 3.63) is 29.3 Å². The fraction of sp³-hybridized carbons (Fsp3) is 0.667. The second kappa shape index (κ2) is 6.99. The summed E-state index contributed by atoms with van der Waals surface area (Å²) in [5.74, 6) is 0.986. The zero-order valence-corrected chi connectivity index (χ0v) is 13.6. The van der Waals surface area contributed by atoms with Gasteiger partial charge in [-0.2, -0.15) is 0 Å². The van der Waals surface area contributed by atoms with Gasteiger partial charge in [-0.1, -0.05) is 25.0 Å². The molecule has 1 aliphatic heterocycles. The Labute approximate surface area is 133 Å². The van der Waals surface area contributed by atoms with E-state index in [0.29, 0.717) is 0 Å². The van der Waals surface area contributed by atoms with E-state index in [9.17, 15) is 0 Å². The molecular formula is C18H28N2O2. The third-order valence-corrected chi connectivity index (χ3v) is 5.34. The van der Waals surface area contributed by atoms with E-state index in [0.717, 1.165) is 45.1 Å². The Bertz CT molecular complexity index is 492. The molecule has 2 fully saturated rings. The van der Waals surface area contributed by atoms with Crippen molar-refractivity contribution in [2.75, 3.05) is 40.0 Å². The van der Waals surface area contributed by atoms with E-state index in [2.05, 4.69) is 23.1 Å². The van der Waals surface area contributed by atoms with Gasteiger partial charge >= 0.3 is 0 Å². The topological polar surface area (TPSA) is 47.7 Å². The monoisotopic (exact) mass is 304 g/mol. The Morgan fingerprint density at radius 2 is 1.95 bits per heavy atom. The molecule has 0 unspecified atom stereocenters. The molecule has 1 saturated carbocycles. The largest absolute Gasteiger partial charge is 0.496 e. The molecule has 0 atom stereocenters. The van der Waals surface area contributed by atoms with Gasteiger partial charge in [-0.25, -0.2) is 0 Å². The lowest BCUT2D eigenvalue weighted by molar-refractivity contribution is 0.0338. The van der Waals surface area contributed by atoms with Gasteiger partial charge in [0.25, 0.3) is 0 Å². The lowest BCUT2D eigenvalue weighted by Gasteiger charge is -2.30. The summed E-state index contributed by atoms with van der Waals surface area (Å²) in [6, 6.07) is 6.69. The Balaban J connectivity index is 1.85. The first-order chi connectivity index (χ1) is 10.8. The van der Waals surface area contributed by atoms with E-state index in [4.69, 9.17) is 15.2 Å². The predicted octanol–water partition coefficient (Wildman–Crippen LogP) is 2.30. The van der Waals surface area contributed by atoms with Gasteiger partial charge in [-0.3, -0.25) is 4.90 Å². The fourth-order valence-electron chi connectivity index (χ4n) is 3.89. The van der Waals surface area contributed by atoms with Crippen molar-refractivity contribution in [1.29, 1.82) is 0 Å². The van der Waals surface area contributed by atoms with Crippen LogP contribution in [0.5, 0.6) is 5.75 Å². The Hall–Kier alpha value is -1.10. The Morgan fingerprint density at radius 3 is 2.59 bits per heavy atom. The first-order valence-electron chi connectivity index (χ1n) is 8.45. The third kappa shape index (κ3) is 3.14. The van der Waals surface area contributed by atoms with Crippen molar-refractivity contribution in [3.8, 4) is 5.75 Å². The minimum atomic E-state index is 0.187. The molecule has 0 aromatic heterocycles. The normalized spacial score (nSPS) is 21.9. The predicted molar refractivity (Wildman–Crippen MR) is 88.3 cm³/mol. The minimum Gasteiger partial charge on any atom is -0.496 e. The highest BCUT2D eigenvalue weighted by Gasteiger charge is 2.34. The van der Waals surface area contributed by atoms with Crippen molar-refractivity contribution in [2.24, 2.45) is 5.73 Å². The zero-order valence-electron chi connectivity index (χ0n) is 13.6. The molecule has 1 saturated heterocycles. The molecule has 122 valence electrons. The van der Waals surface area contributed by atoms with Crippen LogP contribution in [0.15, 0.2) is 18.2 Å². The summed E-state index contributed by atoms with van der Waals surface area (Å²) >= 11 is 0. The Morgan fingerprint density at radius 1 is 1.23 bits per heavy atom. The van der Waals surface area contributed by atoms with Crippen LogP contribution in [0.25, 0.3) is 0 Å². The van der Waals surface area contributed by atoms with Gasteiger partial charge in [0, 0.05) is 37.2 Å². The summed E-state index contributed by atoms with van der Waals surface area (Å²) in [5.41, 5.74) is 9.01. The summed E-state index contributed by atoms with van der Waals surface area (Å²) in [6.07, 6.45) is 5.02. The maximum absolute atomic E-state index is 6.15. The first-order valence-corrected chi connectivity index (χ1v) is 8.45. The summed E-state index contributed by atoms with van der Waals surface area (Å²) in [4.78, 5) is 2.44. The number of hydrogen-bond donors (Lipinski definition) is 1. The number of hydrogen-bond acceptors (Lipinski definition) is 4. The molecule has 22 heavy (non-hydrogen) atoms. The van der Waals surface area contributed by atoms with Gasteiger partial charge in [0.15, 0.2) is 0 Å². The third-order valence-electron chi connectivity index (χ3n) is 5.34. The summed E-state index contributed by atoms with van der Waals surface area (Å²) in [5, 5.41) is 0. The van der Waals surface area contributed by atoms with Crippen molar-refractivity contribution in [3.63, 3.8) is 0 Å². The van der Waals surface area contributed by atoms with Crippen molar-refractivity contribution < 1.29 is 9.47 Å². The molecule has 0 radical (unpaired) electrons. The molecule has 1 aromatic carbocycles. The summed E-state index contributed by atoms with van der Waals surface area (Å²) < 4.78 is 11.0. The molecule has 2 aliphatic rings. The van der Waals surface area contributed by atoms with Crippen molar-refractivity contribution in [1.82, 2.24) is 4.90 Å². The molecule has 0 bridgehead atoms. The average molecular weight is 304 g/mol.